The summed E-state index contributed by atoms with van der Waals surface area (Å²) in [6.07, 6.45) is 0. The molecule has 14 rings (SSSR count). The summed E-state index contributed by atoms with van der Waals surface area (Å²) in [6, 6.07) is 67.4. The molecule has 12 nitrogen and oxygen atoms in total. The molecule has 0 N–H and O–H groups in total. The van der Waals surface area contributed by atoms with E-state index in [9.17, 15) is 19.2 Å². The van der Waals surface area contributed by atoms with Crippen LogP contribution in [0.25, 0.3) is 0 Å². The zero-order valence-corrected chi connectivity index (χ0v) is 52.6. The smallest absolute Gasteiger partial charge is 0.340 e. The molecule has 2 spiro atoms. The summed E-state index contributed by atoms with van der Waals surface area (Å²) in [5.41, 5.74) is 14.0. The lowest BCUT2D eigenvalue weighted by molar-refractivity contribution is -0.116. The molecule has 4 aliphatic heterocycles. The van der Waals surface area contributed by atoms with E-state index in [4.69, 9.17) is 18.9 Å². The highest BCUT2D eigenvalue weighted by Crippen LogP contribution is 2.60. The molecule has 2 unspecified atom stereocenters. The number of ether oxygens (including phenoxy) is 4. The summed E-state index contributed by atoms with van der Waals surface area (Å²) in [4.78, 5) is 64.2. The van der Waals surface area contributed by atoms with Gasteiger partial charge in [0.25, 0.3) is 0 Å². The quantitative estimate of drug-likeness (QED) is 0.109. The first-order valence-corrected chi connectivity index (χ1v) is 31.0. The number of hydrogen-bond acceptors (Lipinski definition) is 10. The van der Waals surface area contributed by atoms with E-state index < -0.39 is 28.6 Å². The molecule has 4 heterocycles. The molecule has 10 aromatic rings. The number of para-hydroxylation sites is 2. The minimum Gasteiger partial charge on any atom is -0.456 e. The number of carbonyl (C=O) groups excluding carboxylic acids is 4. The van der Waals surface area contributed by atoms with Crippen LogP contribution < -0.4 is 29.1 Å². The highest BCUT2D eigenvalue weighted by Gasteiger charge is 2.56. The van der Waals surface area contributed by atoms with Crippen LogP contribution in [0.2, 0.25) is 0 Å². The van der Waals surface area contributed by atoms with Crippen molar-refractivity contribution in [1.29, 1.82) is 0 Å². The SMILES string of the molecule is CCN(c1ccc2c(c1)Oc1cc(C)c(N(C(C)=O)c3ccc(C(C)(C)c4ccc(N(C(C)=O)c5cc6c(cc5C)Oc5cc(N(CC)c7ccccc7C)ccc5C65OC(=O)c6ccccc65)cc4)cc3)cc1C21OC(=O)c2ccccc21)c1ccccc1C. The van der Waals surface area contributed by atoms with Gasteiger partial charge in [-0.3, -0.25) is 19.4 Å². The Balaban J connectivity index is 0.778. The second-order valence-electron chi connectivity index (χ2n) is 24.6. The average molecular weight is 1200 g/mol. The van der Waals surface area contributed by atoms with Crippen LogP contribution in [0.1, 0.15) is 129 Å². The van der Waals surface area contributed by atoms with Crippen molar-refractivity contribution in [2.24, 2.45) is 0 Å². The third-order valence-corrected chi connectivity index (χ3v) is 18.9. The fourth-order valence-electron chi connectivity index (χ4n) is 14.3. The summed E-state index contributed by atoms with van der Waals surface area (Å²) in [5.74, 6) is 0.878. The topological polar surface area (TPSA) is 118 Å². The molecule has 0 aliphatic carbocycles. The van der Waals surface area contributed by atoms with Crippen molar-refractivity contribution in [3.05, 3.63) is 284 Å². The minimum atomic E-state index is -1.38. The van der Waals surface area contributed by atoms with Crippen LogP contribution in [0, 0.1) is 27.7 Å². The summed E-state index contributed by atoms with van der Waals surface area (Å²) >= 11 is 0. The summed E-state index contributed by atoms with van der Waals surface area (Å²) in [6.45, 7) is 21.2. The molecule has 2 amide bonds. The van der Waals surface area contributed by atoms with E-state index in [0.29, 0.717) is 103 Å². The largest absolute Gasteiger partial charge is 0.456 e. The first kappa shape index (κ1) is 58.0. The van der Waals surface area contributed by atoms with E-state index in [-0.39, 0.29) is 11.8 Å². The molecule has 10 aromatic carbocycles. The van der Waals surface area contributed by atoms with Crippen LogP contribution in [0.15, 0.2) is 206 Å². The van der Waals surface area contributed by atoms with Crippen molar-refractivity contribution in [2.75, 3.05) is 32.7 Å². The Kier molecular flexibility index (Phi) is 13.9. The molecular formula is C79H68N4O8. The predicted molar refractivity (Wildman–Crippen MR) is 357 cm³/mol. The molecule has 12 heteroatoms. The van der Waals surface area contributed by atoms with Crippen molar-refractivity contribution >= 4 is 69.3 Å². The van der Waals surface area contributed by atoms with E-state index >= 15 is 0 Å². The Morgan fingerprint density at radius 1 is 0.385 bits per heavy atom. The fourth-order valence-corrected chi connectivity index (χ4v) is 14.3. The standard InChI is InChI=1S/C79H68N4O8/c1-11-80(67-27-19-13-21-47(67)3)57-37-39-63-73(43-57)88-71-41-49(5)69(45-65(71)78(63)61-25-17-15-23-59(61)75(86)90-78)82(51(7)84)55-33-29-53(30-34-55)77(9,10)54-31-35-56(36-32-54)83(52(8)85)70-46-66-72(42-50(70)6)89-74-44-58(81(12-2)68-28-20-14-22-48(68)4)38-40-64(74)79(66)62-26-18-16-24-60(62)76(87)91-79/h13-46H,11-12H2,1-10H3. The Morgan fingerprint density at radius 3 is 1.11 bits per heavy atom. The Labute approximate surface area is 530 Å². The zero-order chi connectivity index (χ0) is 63.4. The lowest BCUT2D eigenvalue weighted by Gasteiger charge is -2.38. The summed E-state index contributed by atoms with van der Waals surface area (Å²) < 4.78 is 27.1. The zero-order valence-electron chi connectivity index (χ0n) is 52.6. The van der Waals surface area contributed by atoms with E-state index in [1.165, 1.54) is 0 Å². The van der Waals surface area contributed by atoms with Gasteiger partial charge in [0.15, 0.2) is 11.2 Å². The fraction of sp³-hybridized carbons (Fsp3) is 0.190. The van der Waals surface area contributed by atoms with Crippen molar-refractivity contribution in [3.8, 4) is 23.0 Å². The number of esters is 2. The van der Waals surface area contributed by atoms with Gasteiger partial charge in [-0.1, -0.05) is 111 Å². The Bertz CT molecular complexity index is 4390. The monoisotopic (exact) mass is 1200 g/mol. The van der Waals surface area contributed by atoms with Crippen molar-refractivity contribution in [1.82, 2.24) is 0 Å². The second kappa shape index (κ2) is 21.8. The van der Waals surface area contributed by atoms with Gasteiger partial charge in [-0.25, -0.2) is 9.59 Å². The highest BCUT2D eigenvalue weighted by atomic mass is 16.6. The molecule has 0 radical (unpaired) electrons. The number of fused-ring (bicyclic) bond motifs is 12. The molecular weight excluding hydrogens is 1130 g/mol. The molecule has 0 bridgehead atoms. The number of rotatable bonds is 12. The number of benzene rings is 10. The highest BCUT2D eigenvalue weighted by molar-refractivity contribution is 6.03. The maximum atomic E-state index is 14.1. The van der Waals surface area contributed by atoms with Gasteiger partial charge >= 0.3 is 11.9 Å². The average Bonchev–Trinajstić information content (AvgIpc) is 1.65. The third kappa shape index (κ3) is 9.01. The van der Waals surface area contributed by atoms with Gasteiger partial charge in [0.2, 0.25) is 11.8 Å². The molecule has 452 valence electrons. The maximum absolute atomic E-state index is 14.1. The molecule has 2 atom stereocenters. The predicted octanol–water partition coefficient (Wildman–Crippen LogP) is 18.1. The van der Waals surface area contributed by atoms with Gasteiger partial charge < -0.3 is 28.7 Å². The maximum Gasteiger partial charge on any atom is 0.340 e. The van der Waals surface area contributed by atoms with Crippen LogP contribution in [0.5, 0.6) is 23.0 Å². The van der Waals surface area contributed by atoms with Gasteiger partial charge in [-0.2, -0.15) is 0 Å². The first-order valence-electron chi connectivity index (χ1n) is 31.0. The van der Waals surface area contributed by atoms with Crippen molar-refractivity contribution in [2.45, 2.75) is 85.9 Å². The normalized spacial score (nSPS) is 16.2. The van der Waals surface area contributed by atoms with Crippen LogP contribution in [-0.4, -0.2) is 36.8 Å². The van der Waals surface area contributed by atoms with Gasteiger partial charge in [-0.15, -0.1) is 0 Å². The minimum absolute atomic E-state index is 0.210. The number of amides is 2. The molecule has 0 saturated heterocycles. The van der Waals surface area contributed by atoms with Crippen LogP contribution in [0.3, 0.4) is 0 Å². The van der Waals surface area contributed by atoms with E-state index in [0.717, 1.165) is 56.1 Å². The van der Waals surface area contributed by atoms with Gasteiger partial charge in [-0.05, 0) is 172 Å². The second-order valence-corrected chi connectivity index (χ2v) is 24.6. The Morgan fingerprint density at radius 2 is 0.736 bits per heavy atom. The molecule has 0 aromatic heterocycles. The molecule has 0 fully saturated rings. The first-order chi connectivity index (χ1) is 43.9. The number of hydrogen-bond donors (Lipinski definition) is 0. The molecule has 4 aliphatic rings. The van der Waals surface area contributed by atoms with E-state index in [2.05, 4.69) is 87.7 Å². The summed E-state index contributed by atoms with van der Waals surface area (Å²) in [7, 11) is 0. The lowest BCUT2D eigenvalue weighted by Crippen LogP contribution is -2.34. The van der Waals surface area contributed by atoms with Crippen molar-refractivity contribution < 1.29 is 38.1 Å². The van der Waals surface area contributed by atoms with E-state index in [1.807, 2.05) is 172 Å². The number of aryl methyl sites for hydroxylation is 4. The summed E-state index contributed by atoms with van der Waals surface area (Å²) in [5, 5.41) is 0. The number of nitrogens with zero attached hydrogens (tertiary/aromatic N) is 4. The molecule has 0 saturated carbocycles. The van der Waals surface area contributed by atoms with Gasteiger partial charge in [0, 0.05) is 112 Å². The number of anilines is 8. The van der Waals surface area contributed by atoms with Crippen LogP contribution in [0.4, 0.5) is 45.5 Å². The third-order valence-electron chi connectivity index (χ3n) is 18.9. The van der Waals surface area contributed by atoms with Crippen LogP contribution in [-0.2, 0) is 35.7 Å². The van der Waals surface area contributed by atoms with Gasteiger partial charge in [0.1, 0.15) is 23.0 Å². The van der Waals surface area contributed by atoms with Gasteiger partial charge in [0.05, 0.1) is 22.5 Å². The van der Waals surface area contributed by atoms with Crippen molar-refractivity contribution in [3.63, 3.8) is 0 Å². The Hall–Kier alpha value is -10.7. The van der Waals surface area contributed by atoms with E-state index in [1.54, 1.807) is 35.8 Å². The van der Waals surface area contributed by atoms with Crippen LogP contribution >= 0.6 is 0 Å². The number of carbonyl (C=O) groups is 4. The molecule has 91 heavy (non-hydrogen) atoms. The lowest BCUT2D eigenvalue weighted by atomic mass is 9.77.